The first-order valence-electron chi connectivity index (χ1n) is 6.50. The van der Waals surface area contributed by atoms with Crippen molar-refractivity contribution in [3.8, 4) is 11.1 Å². The molecule has 3 aromatic rings. The summed E-state index contributed by atoms with van der Waals surface area (Å²) in [6, 6.07) is 16.0. The standard InChI is InChI=1S/C17H15NO2/c1-18-11-15(14-4-2-3-5-16(14)18)13-8-6-12(7-9-13)10-17(19)20/h2-9,11H,10H2,1H3,(H,19,20). The van der Waals surface area contributed by atoms with E-state index in [1.165, 1.54) is 16.5 Å². The summed E-state index contributed by atoms with van der Waals surface area (Å²) in [5.74, 6) is -0.803. The smallest absolute Gasteiger partial charge is 0.307 e. The highest BCUT2D eigenvalue weighted by molar-refractivity contribution is 5.96. The Balaban J connectivity index is 2.05. The molecule has 20 heavy (non-hydrogen) atoms. The second-order valence-corrected chi connectivity index (χ2v) is 4.94. The van der Waals surface area contributed by atoms with Crippen LogP contribution in [-0.2, 0) is 18.3 Å². The minimum absolute atomic E-state index is 0.0653. The lowest BCUT2D eigenvalue weighted by atomic mass is 10.0. The van der Waals surface area contributed by atoms with Gasteiger partial charge in [-0.1, -0.05) is 42.5 Å². The number of carboxylic acid groups (broad SMARTS) is 1. The highest BCUT2D eigenvalue weighted by atomic mass is 16.4. The van der Waals surface area contributed by atoms with Crippen LogP contribution >= 0.6 is 0 Å². The summed E-state index contributed by atoms with van der Waals surface area (Å²) in [4.78, 5) is 10.7. The van der Waals surface area contributed by atoms with E-state index in [2.05, 4.69) is 22.9 Å². The molecule has 3 nitrogen and oxygen atoms in total. The Hall–Kier alpha value is -2.55. The number of aryl methyl sites for hydroxylation is 1. The molecule has 0 unspecified atom stereocenters. The third-order valence-electron chi connectivity index (χ3n) is 3.52. The van der Waals surface area contributed by atoms with E-state index in [0.717, 1.165) is 11.1 Å². The molecule has 0 amide bonds. The third kappa shape index (κ3) is 2.18. The normalized spacial score (nSPS) is 10.8. The first kappa shape index (κ1) is 12.5. The first-order valence-corrected chi connectivity index (χ1v) is 6.50. The van der Waals surface area contributed by atoms with E-state index in [1.807, 2.05) is 43.4 Å². The predicted molar refractivity (Wildman–Crippen MR) is 79.7 cm³/mol. The van der Waals surface area contributed by atoms with Gasteiger partial charge in [-0.2, -0.15) is 0 Å². The Morgan fingerprint density at radius 3 is 2.50 bits per heavy atom. The van der Waals surface area contributed by atoms with Crippen molar-refractivity contribution in [2.45, 2.75) is 6.42 Å². The Labute approximate surface area is 117 Å². The molecule has 0 aliphatic heterocycles. The molecule has 1 aromatic heterocycles. The molecule has 2 aromatic carbocycles. The molecule has 0 aliphatic carbocycles. The Bertz CT molecular complexity index is 769. The second kappa shape index (κ2) is 4.85. The summed E-state index contributed by atoms with van der Waals surface area (Å²) in [5.41, 5.74) is 4.29. The number of aliphatic carboxylic acids is 1. The van der Waals surface area contributed by atoms with Gasteiger partial charge in [0.1, 0.15) is 0 Å². The summed E-state index contributed by atoms with van der Waals surface area (Å²) in [5, 5.41) is 10.0. The summed E-state index contributed by atoms with van der Waals surface area (Å²) in [7, 11) is 2.03. The van der Waals surface area contributed by atoms with E-state index >= 15 is 0 Å². The van der Waals surface area contributed by atoms with Crippen LogP contribution in [0.3, 0.4) is 0 Å². The molecule has 0 spiro atoms. The van der Waals surface area contributed by atoms with Crippen molar-refractivity contribution in [2.75, 3.05) is 0 Å². The summed E-state index contributed by atoms with van der Waals surface area (Å²) >= 11 is 0. The van der Waals surface area contributed by atoms with E-state index in [9.17, 15) is 4.79 Å². The van der Waals surface area contributed by atoms with Crippen molar-refractivity contribution in [2.24, 2.45) is 7.05 Å². The minimum Gasteiger partial charge on any atom is -0.481 e. The van der Waals surface area contributed by atoms with Crippen LogP contribution in [0.1, 0.15) is 5.56 Å². The van der Waals surface area contributed by atoms with Gasteiger partial charge in [-0.15, -0.1) is 0 Å². The van der Waals surface area contributed by atoms with Gasteiger partial charge in [-0.05, 0) is 17.2 Å². The lowest BCUT2D eigenvalue weighted by molar-refractivity contribution is -0.136. The van der Waals surface area contributed by atoms with Crippen LogP contribution in [-0.4, -0.2) is 15.6 Å². The Kier molecular flexibility index (Phi) is 3.03. The molecule has 1 N–H and O–H groups in total. The minimum atomic E-state index is -0.803. The fourth-order valence-corrected chi connectivity index (χ4v) is 2.55. The molecule has 0 radical (unpaired) electrons. The number of para-hydroxylation sites is 1. The molecule has 1 heterocycles. The van der Waals surface area contributed by atoms with Crippen molar-refractivity contribution in [3.05, 3.63) is 60.3 Å². The SMILES string of the molecule is Cn1cc(-c2ccc(CC(=O)O)cc2)c2ccccc21. The highest BCUT2D eigenvalue weighted by Gasteiger charge is 2.08. The van der Waals surface area contributed by atoms with E-state index in [-0.39, 0.29) is 6.42 Å². The van der Waals surface area contributed by atoms with Gasteiger partial charge >= 0.3 is 5.97 Å². The third-order valence-corrected chi connectivity index (χ3v) is 3.52. The maximum atomic E-state index is 10.7. The van der Waals surface area contributed by atoms with Crippen LogP contribution in [0.15, 0.2) is 54.7 Å². The highest BCUT2D eigenvalue weighted by Crippen LogP contribution is 2.30. The van der Waals surface area contributed by atoms with Crippen molar-refractivity contribution < 1.29 is 9.90 Å². The summed E-state index contributed by atoms with van der Waals surface area (Å²) in [6.07, 6.45) is 2.17. The largest absolute Gasteiger partial charge is 0.481 e. The summed E-state index contributed by atoms with van der Waals surface area (Å²) in [6.45, 7) is 0. The number of nitrogens with zero attached hydrogens (tertiary/aromatic N) is 1. The fraction of sp³-hybridized carbons (Fsp3) is 0.118. The topological polar surface area (TPSA) is 42.2 Å². The number of carbonyl (C=O) groups is 1. The van der Waals surface area contributed by atoms with Gasteiger partial charge in [0, 0.05) is 29.7 Å². The zero-order chi connectivity index (χ0) is 14.1. The van der Waals surface area contributed by atoms with E-state index in [1.54, 1.807) is 0 Å². The molecule has 3 rings (SSSR count). The molecule has 3 heteroatoms. The van der Waals surface area contributed by atoms with Crippen LogP contribution in [0.5, 0.6) is 0 Å². The van der Waals surface area contributed by atoms with Gasteiger partial charge in [0.05, 0.1) is 6.42 Å². The monoisotopic (exact) mass is 265 g/mol. The maximum Gasteiger partial charge on any atom is 0.307 e. The molecule has 0 saturated carbocycles. The van der Waals surface area contributed by atoms with Crippen molar-refractivity contribution in [3.63, 3.8) is 0 Å². The number of hydrogen-bond acceptors (Lipinski definition) is 1. The van der Waals surface area contributed by atoms with Gasteiger partial charge in [0.15, 0.2) is 0 Å². The number of rotatable bonds is 3. The molecular weight excluding hydrogens is 250 g/mol. The van der Waals surface area contributed by atoms with Gasteiger partial charge < -0.3 is 9.67 Å². The molecule has 0 atom stereocenters. The Morgan fingerprint density at radius 1 is 1.10 bits per heavy atom. The van der Waals surface area contributed by atoms with Gasteiger partial charge in [0.2, 0.25) is 0 Å². The average molecular weight is 265 g/mol. The number of carboxylic acids is 1. The van der Waals surface area contributed by atoms with E-state index in [4.69, 9.17) is 5.11 Å². The molecule has 0 fully saturated rings. The van der Waals surface area contributed by atoms with Gasteiger partial charge in [-0.3, -0.25) is 4.79 Å². The first-order chi connectivity index (χ1) is 9.65. The number of hydrogen-bond donors (Lipinski definition) is 1. The Morgan fingerprint density at radius 2 is 1.80 bits per heavy atom. The van der Waals surface area contributed by atoms with Crippen LogP contribution in [0.4, 0.5) is 0 Å². The second-order valence-electron chi connectivity index (χ2n) is 4.94. The van der Waals surface area contributed by atoms with Crippen molar-refractivity contribution in [1.82, 2.24) is 4.57 Å². The van der Waals surface area contributed by atoms with Crippen LogP contribution in [0.25, 0.3) is 22.0 Å². The summed E-state index contributed by atoms with van der Waals surface area (Å²) < 4.78 is 2.11. The molecule has 0 bridgehead atoms. The molecular formula is C17H15NO2. The fourth-order valence-electron chi connectivity index (χ4n) is 2.55. The van der Waals surface area contributed by atoms with Crippen molar-refractivity contribution >= 4 is 16.9 Å². The molecule has 100 valence electrons. The predicted octanol–water partition coefficient (Wildman–Crippen LogP) is 3.47. The number of aromatic nitrogens is 1. The number of fused-ring (bicyclic) bond motifs is 1. The molecule has 0 saturated heterocycles. The van der Waals surface area contributed by atoms with Crippen molar-refractivity contribution in [1.29, 1.82) is 0 Å². The van der Waals surface area contributed by atoms with Crippen LogP contribution < -0.4 is 0 Å². The quantitative estimate of drug-likeness (QED) is 0.788. The van der Waals surface area contributed by atoms with Crippen LogP contribution in [0, 0.1) is 0 Å². The van der Waals surface area contributed by atoms with Gasteiger partial charge in [0.25, 0.3) is 0 Å². The van der Waals surface area contributed by atoms with Gasteiger partial charge in [-0.25, -0.2) is 0 Å². The van der Waals surface area contributed by atoms with E-state index in [0.29, 0.717) is 0 Å². The van der Waals surface area contributed by atoms with E-state index < -0.39 is 5.97 Å². The lowest BCUT2D eigenvalue weighted by Crippen LogP contribution is -1.99. The van der Waals surface area contributed by atoms with Crippen LogP contribution in [0.2, 0.25) is 0 Å². The molecule has 0 aliphatic rings. The number of benzene rings is 2. The zero-order valence-corrected chi connectivity index (χ0v) is 11.2. The zero-order valence-electron chi connectivity index (χ0n) is 11.2. The average Bonchev–Trinajstić information content (AvgIpc) is 2.77. The maximum absolute atomic E-state index is 10.7. The lowest BCUT2D eigenvalue weighted by Gasteiger charge is -2.02.